The summed E-state index contributed by atoms with van der Waals surface area (Å²) in [5, 5.41) is 5.56. The van der Waals surface area contributed by atoms with Crippen LogP contribution in [0.25, 0.3) is 0 Å². The summed E-state index contributed by atoms with van der Waals surface area (Å²) in [6, 6.07) is 14.2. The Morgan fingerprint density at radius 3 is 2.06 bits per heavy atom. The predicted molar refractivity (Wildman–Crippen MR) is 124 cm³/mol. The molecule has 0 radical (unpaired) electrons. The third-order valence-corrected chi connectivity index (χ3v) is 5.66. The van der Waals surface area contributed by atoms with E-state index in [1.54, 1.807) is 33.1 Å². The first-order chi connectivity index (χ1) is 15.7. The summed E-state index contributed by atoms with van der Waals surface area (Å²) in [7, 11) is 1.57. The molecule has 1 fully saturated rings. The number of rotatable bonds is 11. The van der Waals surface area contributed by atoms with Gasteiger partial charge in [-0.05, 0) is 43.5 Å². The molecule has 2 aromatic rings. The molecule has 176 valence electrons. The molecule has 33 heavy (non-hydrogen) atoms. The van der Waals surface area contributed by atoms with Crippen LogP contribution in [-0.4, -0.2) is 55.0 Å². The average molecular weight is 454 g/mol. The van der Waals surface area contributed by atoms with Gasteiger partial charge >= 0.3 is 0 Å². The summed E-state index contributed by atoms with van der Waals surface area (Å²) in [4.78, 5) is 38.7. The molecule has 0 aromatic heterocycles. The van der Waals surface area contributed by atoms with E-state index >= 15 is 0 Å². The first-order valence-electron chi connectivity index (χ1n) is 10.9. The molecule has 0 saturated carbocycles. The minimum Gasteiger partial charge on any atom is -0.497 e. The Kier molecular flexibility index (Phi) is 7.84. The van der Waals surface area contributed by atoms with Crippen LogP contribution in [0.5, 0.6) is 5.75 Å². The molecule has 1 heterocycles. The van der Waals surface area contributed by atoms with Crippen LogP contribution < -0.4 is 21.1 Å². The number of epoxide rings is 1. The maximum atomic E-state index is 13.3. The number of carbonyl (C=O) groups excluding carboxylic acids is 3. The summed E-state index contributed by atoms with van der Waals surface area (Å²) in [6.07, 6.45) is 0.551. The Balaban J connectivity index is 1.79. The number of carbonyl (C=O) groups is 3. The predicted octanol–water partition coefficient (Wildman–Crippen LogP) is 1.16. The molecule has 4 atom stereocenters. The van der Waals surface area contributed by atoms with Crippen LogP contribution in [0.3, 0.4) is 0 Å². The number of nitrogens with one attached hydrogen (secondary N) is 2. The Labute approximate surface area is 193 Å². The molecule has 8 heteroatoms. The van der Waals surface area contributed by atoms with Crippen molar-refractivity contribution >= 4 is 17.6 Å². The molecular formula is C25H31N3O5. The fourth-order valence-electron chi connectivity index (χ4n) is 3.46. The van der Waals surface area contributed by atoms with E-state index < -0.39 is 35.5 Å². The smallest absolute Gasteiger partial charge is 0.243 e. The van der Waals surface area contributed by atoms with Crippen molar-refractivity contribution < 1.29 is 23.9 Å². The Morgan fingerprint density at radius 2 is 1.52 bits per heavy atom. The Hall–Kier alpha value is -3.23. The van der Waals surface area contributed by atoms with Crippen LogP contribution in [0.15, 0.2) is 54.6 Å². The van der Waals surface area contributed by atoms with E-state index in [2.05, 4.69) is 10.6 Å². The van der Waals surface area contributed by atoms with E-state index in [1.807, 2.05) is 42.5 Å². The monoisotopic (exact) mass is 453 g/mol. The average Bonchev–Trinajstić information content (AvgIpc) is 3.57. The second kappa shape index (κ2) is 10.6. The lowest BCUT2D eigenvalue weighted by Crippen LogP contribution is -2.56. The van der Waals surface area contributed by atoms with Gasteiger partial charge in [-0.1, -0.05) is 42.5 Å². The zero-order chi connectivity index (χ0) is 24.0. The van der Waals surface area contributed by atoms with Crippen LogP contribution in [0.4, 0.5) is 0 Å². The number of benzene rings is 2. The molecule has 3 rings (SSSR count). The summed E-state index contributed by atoms with van der Waals surface area (Å²) >= 11 is 0. The van der Waals surface area contributed by atoms with Gasteiger partial charge in [0.25, 0.3) is 0 Å². The third-order valence-electron chi connectivity index (χ3n) is 5.66. The van der Waals surface area contributed by atoms with Gasteiger partial charge in [0.15, 0.2) is 5.78 Å². The maximum Gasteiger partial charge on any atom is 0.243 e. The molecule has 2 aromatic carbocycles. The van der Waals surface area contributed by atoms with Gasteiger partial charge in [0, 0.05) is 6.42 Å². The normalized spacial score (nSPS) is 19.6. The standard InChI is InChI=1S/C25H31N3O5/c1-16(26)23(30)28-21(14-18-9-11-19(32-3)12-10-18)24(31)27-20(22(29)25(2)15-33-25)13-17-7-5-4-6-8-17/h4-12,16,20-21H,13-15,26H2,1-3H3,(H,27,31)(H,28,30)/t16?,20?,21-,25?/m0/s1. The van der Waals surface area contributed by atoms with Crippen molar-refractivity contribution in [3.8, 4) is 5.75 Å². The summed E-state index contributed by atoms with van der Waals surface area (Å²) in [5.41, 5.74) is 6.54. The van der Waals surface area contributed by atoms with Crippen LogP contribution in [0.1, 0.15) is 25.0 Å². The quantitative estimate of drug-likeness (QED) is 0.439. The molecule has 1 aliphatic rings. The largest absolute Gasteiger partial charge is 0.497 e. The number of amides is 2. The molecule has 3 unspecified atom stereocenters. The SMILES string of the molecule is COc1ccc(C[C@H](NC(=O)C(C)N)C(=O)NC(Cc2ccccc2)C(=O)C2(C)CO2)cc1. The minimum atomic E-state index is -0.907. The van der Waals surface area contributed by atoms with E-state index in [9.17, 15) is 14.4 Å². The van der Waals surface area contributed by atoms with Crippen molar-refractivity contribution in [1.29, 1.82) is 0 Å². The summed E-state index contributed by atoms with van der Waals surface area (Å²) in [6.45, 7) is 3.58. The van der Waals surface area contributed by atoms with Gasteiger partial charge in [0.05, 0.1) is 25.8 Å². The maximum absolute atomic E-state index is 13.3. The number of ether oxygens (including phenoxy) is 2. The second-order valence-electron chi connectivity index (χ2n) is 8.54. The van der Waals surface area contributed by atoms with Crippen molar-refractivity contribution in [3.05, 3.63) is 65.7 Å². The molecule has 0 spiro atoms. The zero-order valence-electron chi connectivity index (χ0n) is 19.2. The van der Waals surface area contributed by atoms with Crippen LogP contribution >= 0.6 is 0 Å². The van der Waals surface area contributed by atoms with Gasteiger partial charge in [0.2, 0.25) is 11.8 Å². The fourth-order valence-corrected chi connectivity index (χ4v) is 3.46. The number of hydrogen-bond donors (Lipinski definition) is 3. The Morgan fingerprint density at radius 1 is 0.970 bits per heavy atom. The van der Waals surface area contributed by atoms with E-state index in [0.717, 1.165) is 11.1 Å². The van der Waals surface area contributed by atoms with Crippen LogP contribution in [0.2, 0.25) is 0 Å². The van der Waals surface area contributed by atoms with E-state index in [4.69, 9.17) is 15.2 Å². The molecule has 8 nitrogen and oxygen atoms in total. The van der Waals surface area contributed by atoms with Gasteiger partial charge in [-0.3, -0.25) is 14.4 Å². The number of hydrogen-bond acceptors (Lipinski definition) is 6. The first-order valence-corrected chi connectivity index (χ1v) is 10.9. The van der Waals surface area contributed by atoms with E-state index in [1.165, 1.54) is 0 Å². The van der Waals surface area contributed by atoms with Gasteiger partial charge in [-0.25, -0.2) is 0 Å². The number of ketones is 1. The highest BCUT2D eigenvalue weighted by atomic mass is 16.6. The first kappa shape index (κ1) is 24.4. The molecule has 0 bridgehead atoms. The lowest BCUT2D eigenvalue weighted by molar-refractivity contribution is -0.133. The Bertz CT molecular complexity index is 971. The lowest BCUT2D eigenvalue weighted by Gasteiger charge is -2.25. The van der Waals surface area contributed by atoms with Crippen LogP contribution in [0, 0.1) is 0 Å². The number of nitrogens with two attached hydrogens (primary N) is 1. The summed E-state index contributed by atoms with van der Waals surface area (Å²) < 4.78 is 10.5. The zero-order valence-corrected chi connectivity index (χ0v) is 19.2. The van der Waals surface area contributed by atoms with Crippen molar-refractivity contribution in [1.82, 2.24) is 10.6 Å². The van der Waals surface area contributed by atoms with Gasteiger partial charge in [-0.2, -0.15) is 0 Å². The van der Waals surface area contributed by atoms with Crippen LogP contribution in [-0.2, 0) is 32.0 Å². The highest BCUT2D eigenvalue weighted by Gasteiger charge is 2.50. The number of methoxy groups -OCH3 is 1. The van der Waals surface area contributed by atoms with E-state index in [-0.39, 0.29) is 12.2 Å². The molecular weight excluding hydrogens is 422 g/mol. The van der Waals surface area contributed by atoms with E-state index in [0.29, 0.717) is 18.8 Å². The molecule has 1 aliphatic heterocycles. The fraction of sp³-hybridized carbons (Fsp3) is 0.400. The van der Waals surface area contributed by atoms with Crippen molar-refractivity contribution in [2.45, 2.75) is 50.4 Å². The topological polar surface area (TPSA) is 123 Å². The molecule has 0 aliphatic carbocycles. The minimum absolute atomic E-state index is 0.193. The van der Waals surface area contributed by atoms with Gasteiger partial charge in [0.1, 0.15) is 17.4 Å². The van der Waals surface area contributed by atoms with Gasteiger partial charge in [-0.15, -0.1) is 0 Å². The third kappa shape index (κ3) is 6.63. The lowest BCUT2D eigenvalue weighted by atomic mass is 9.94. The van der Waals surface area contributed by atoms with Crippen molar-refractivity contribution in [2.75, 3.05) is 13.7 Å². The van der Waals surface area contributed by atoms with Crippen molar-refractivity contribution in [3.63, 3.8) is 0 Å². The molecule has 1 saturated heterocycles. The van der Waals surface area contributed by atoms with Crippen molar-refractivity contribution in [2.24, 2.45) is 5.73 Å². The second-order valence-corrected chi connectivity index (χ2v) is 8.54. The molecule has 2 amide bonds. The highest BCUT2D eigenvalue weighted by Crippen LogP contribution is 2.29. The number of Topliss-reactive ketones (excluding diaryl/α,β-unsaturated/α-hetero) is 1. The summed E-state index contributed by atoms with van der Waals surface area (Å²) in [5.74, 6) is -0.419. The van der Waals surface area contributed by atoms with Gasteiger partial charge < -0.3 is 25.8 Å². The highest BCUT2D eigenvalue weighted by molar-refractivity contribution is 5.98. The molecule has 4 N–H and O–H groups in total.